The van der Waals surface area contributed by atoms with E-state index in [9.17, 15) is 0 Å². The van der Waals surface area contributed by atoms with Crippen molar-refractivity contribution in [2.75, 3.05) is 12.8 Å². The molecular weight excluding hydrogens is 202 g/mol. The van der Waals surface area contributed by atoms with E-state index in [0.717, 1.165) is 23.4 Å². The Morgan fingerprint density at radius 3 is 2.81 bits per heavy atom. The molecule has 0 spiro atoms. The molecule has 84 valence electrons. The van der Waals surface area contributed by atoms with Crippen LogP contribution in [0.4, 0.5) is 5.69 Å². The van der Waals surface area contributed by atoms with Crippen LogP contribution in [0.15, 0.2) is 30.5 Å². The molecule has 0 radical (unpaired) electrons. The van der Waals surface area contributed by atoms with Crippen LogP contribution < -0.4 is 10.5 Å². The number of nitrogen functional groups attached to an aromatic ring is 1. The third kappa shape index (κ3) is 1.86. The van der Waals surface area contributed by atoms with Crippen LogP contribution in [-0.2, 0) is 13.5 Å². The number of anilines is 1. The van der Waals surface area contributed by atoms with Crippen LogP contribution in [0.3, 0.4) is 0 Å². The largest absolute Gasteiger partial charge is 0.495 e. The van der Waals surface area contributed by atoms with Crippen LogP contribution in [0, 0.1) is 0 Å². The monoisotopic (exact) mass is 217 g/mol. The second kappa shape index (κ2) is 4.26. The number of aryl methyl sites for hydroxylation is 1. The number of hydrogen-bond acceptors (Lipinski definition) is 3. The first-order valence-electron chi connectivity index (χ1n) is 5.10. The van der Waals surface area contributed by atoms with Gasteiger partial charge < -0.3 is 10.5 Å². The van der Waals surface area contributed by atoms with E-state index in [1.165, 1.54) is 0 Å². The van der Waals surface area contributed by atoms with Crippen molar-refractivity contribution in [1.29, 1.82) is 0 Å². The lowest BCUT2D eigenvalue weighted by atomic mass is 10.1. The molecule has 1 aromatic carbocycles. The zero-order chi connectivity index (χ0) is 11.5. The SMILES string of the molecule is COc1cccc(Cc2ccnn2C)c1N. The van der Waals surface area contributed by atoms with E-state index >= 15 is 0 Å². The van der Waals surface area contributed by atoms with Crippen molar-refractivity contribution in [3.63, 3.8) is 0 Å². The Bertz CT molecular complexity index is 491. The zero-order valence-electron chi connectivity index (χ0n) is 9.47. The highest BCUT2D eigenvalue weighted by atomic mass is 16.5. The zero-order valence-corrected chi connectivity index (χ0v) is 9.47. The maximum absolute atomic E-state index is 6.01. The van der Waals surface area contributed by atoms with Gasteiger partial charge in [-0.05, 0) is 17.7 Å². The second-order valence-corrected chi connectivity index (χ2v) is 3.66. The Balaban J connectivity index is 2.32. The number of nitrogens with two attached hydrogens (primary N) is 1. The van der Waals surface area contributed by atoms with E-state index in [1.807, 2.05) is 36.0 Å². The number of rotatable bonds is 3. The van der Waals surface area contributed by atoms with Gasteiger partial charge in [0.05, 0.1) is 12.8 Å². The Morgan fingerprint density at radius 1 is 1.38 bits per heavy atom. The molecule has 1 heterocycles. The molecule has 0 saturated heterocycles. The van der Waals surface area contributed by atoms with Gasteiger partial charge in [0.2, 0.25) is 0 Å². The summed E-state index contributed by atoms with van der Waals surface area (Å²) >= 11 is 0. The molecule has 0 aliphatic carbocycles. The Morgan fingerprint density at radius 2 is 2.19 bits per heavy atom. The molecule has 2 N–H and O–H groups in total. The fraction of sp³-hybridized carbons (Fsp3) is 0.250. The van der Waals surface area contributed by atoms with Crippen LogP contribution >= 0.6 is 0 Å². The summed E-state index contributed by atoms with van der Waals surface area (Å²) in [5.74, 6) is 0.722. The molecule has 1 aromatic heterocycles. The first kappa shape index (κ1) is 10.5. The number of ether oxygens (including phenoxy) is 1. The van der Waals surface area contributed by atoms with Crippen molar-refractivity contribution in [2.45, 2.75) is 6.42 Å². The molecule has 4 heteroatoms. The van der Waals surface area contributed by atoms with Gasteiger partial charge in [-0.3, -0.25) is 4.68 Å². The first-order valence-corrected chi connectivity index (χ1v) is 5.10. The Labute approximate surface area is 94.6 Å². The van der Waals surface area contributed by atoms with Crippen molar-refractivity contribution < 1.29 is 4.74 Å². The standard InChI is InChI=1S/C12H15N3O/c1-15-10(6-7-14-15)8-9-4-3-5-11(16-2)12(9)13/h3-7H,8,13H2,1-2H3. The van der Waals surface area contributed by atoms with Crippen molar-refractivity contribution in [1.82, 2.24) is 9.78 Å². The molecule has 2 rings (SSSR count). The van der Waals surface area contributed by atoms with Crippen LogP contribution in [0.1, 0.15) is 11.3 Å². The third-order valence-corrected chi connectivity index (χ3v) is 2.67. The average Bonchev–Trinajstić information content (AvgIpc) is 2.68. The molecule has 2 aromatic rings. The molecule has 16 heavy (non-hydrogen) atoms. The van der Waals surface area contributed by atoms with E-state index < -0.39 is 0 Å². The molecule has 0 bridgehead atoms. The first-order chi connectivity index (χ1) is 7.72. The summed E-state index contributed by atoms with van der Waals surface area (Å²) in [5, 5.41) is 4.13. The maximum Gasteiger partial charge on any atom is 0.142 e. The lowest BCUT2D eigenvalue weighted by molar-refractivity contribution is 0.416. The summed E-state index contributed by atoms with van der Waals surface area (Å²) in [6.45, 7) is 0. The number of benzene rings is 1. The highest BCUT2D eigenvalue weighted by Crippen LogP contribution is 2.26. The van der Waals surface area contributed by atoms with Gasteiger partial charge in [-0.2, -0.15) is 5.10 Å². The van der Waals surface area contributed by atoms with Gasteiger partial charge in [-0.15, -0.1) is 0 Å². The van der Waals surface area contributed by atoms with Gasteiger partial charge in [0.25, 0.3) is 0 Å². The molecule has 0 aliphatic rings. The van der Waals surface area contributed by atoms with Gasteiger partial charge in [-0.1, -0.05) is 12.1 Å². The minimum atomic E-state index is 0.700. The maximum atomic E-state index is 6.01. The molecule has 0 atom stereocenters. The predicted molar refractivity (Wildman–Crippen MR) is 63.4 cm³/mol. The summed E-state index contributed by atoms with van der Waals surface area (Å²) < 4.78 is 7.03. The second-order valence-electron chi connectivity index (χ2n) is 3.66. The summed E-state index contributed by atoms with van der Waals surface area (Å²) in [6.07, 6.45) is 2.55. The quantitative estimate of drug-likeness (QED) is 0.794. The van der Waals surface area contributed by atoms with Gasteiger partial charge in [0.1, 0.15) is 5.75 Å². The molecule has 0 amide bonds. The van der Waals surface area contributed by atoms with Crippen LogP contribution in [0.25, 0.3) is 0 Å². The van der Waals surface area contributed by atoms with E-state index in [-0.39, 0.29) is 0 Å². The summed E-state index contributed by atoms with van der Waals surface area (Å²) in [4.78, 5) is 0. The lowest BCUT2D eigenvalue weighted by Crippen LogP contribution is -2.03. The van der Waals surface area contributed by atoms with Crippen molar-refractivity contribution in [3.8, 4) is 5.75 Å². The molecule has 4 nitrogen and oxygen atoms in total. The summed E-state index contributed by atoms with van der Waals surface area (Å²) in [7, 11) is 3.55. The summed E-state index contributed by atoms with van der Waals surface area (Å²) in [5.41, 5.74) is 8.89. The topological polar surface area (TPSA) is 53.1 Å². The van der Waals surface area contributed by atoms with Crippen molar-refractivity contribution >= 4 is 5.69 Å². The minimum Gasteiger partial charge on any atom is -0.495 e. The van der Waals surface area contributed by atoms with E-state index in [1.54, 1.807) is 13.3 Å². The Hall–Kier alpha value is -1.97. The number of para-hydroxylation sites is 1. The number of hydrogen-bond donors (Lipinski definition) is 1. The summed E-state index contributed by atoms with van der Waals surface area (Å²) in [6, 6.07) is 7.80. The van der Waals surface area contributed by atoms with Gasteiger partial charge in [-0.25, -0.2) is 0 Å². The van der Waals surface area contributed by atoms with Crippen LogP contribution in [-0.4, -0.2) is 16.9 Å². The fourth-order valence-electron chi connectivity index (χ4n) is 1.69. The minimum absolute atomic E-state index is 0.700. The molecule has 0 aliphatic heterocycles. The van der Waals surface area contributed by atoms with Crippen LogP contribution in [0.2, 0.25) is 0 Å². The van der Waals surface area contributed by atoms with E-state index in [2.05, 4.69) is 5.10 Å². The molecule has 0 saturated carbocycles. The van der Waals surface area contributed by atoms with Gasteiger partial charge in [0, 0.05) is 25.4 Å². The highest BCUT2D eigenvalue weighted by Gasteiger charge is 2.07. The van der Waals surface area contributed by atoms with Crippen LogP contribution in [0.5, 0.6) is 5.75 Å². The average molecular weight is 217 g/mol. The third-order valence-electron chi connectivity index (χ3n) is 2.67. The molecule has 0 unspecified atom stereocenters. The normalized spacial score (nSPS) is 10.4. The number of nitrogens with zero attached hydrogens (tertiary/aromatic N) is 2. The molecule has 0 fully saturated rings. The van der Waals surface area contributed by atoms with Crippen molar-refractivity contribution in [2.24, 2.45) is 7.05 Å². The Kier molecular flexibility index (Phi) is 2.81. The van der Waals surface area contributed by atoms with E-state index in [4.69, 9.17) is 10.5 Å². The number of methoxy groups -OCH3 is 1. The highest BCUT2D eigenvalue weighted by molar-refractivity contribution is 5.59. The smallest absolute Gasteiger partial charge is 0.142 e. The lowest BCUT2D eigenvalue weighted by Gasteiger charge is -2.09. The van der Waals surface area contributed by atoms with Gasteiger partial charge in [0.15, 0.2) is 0 Å². The molecular formula is C12H15N3O. The predicted octanol–water partition coefficient (Wildman–Crippen LogP) is 1.60. The van der Waals surface area contributed by atoms with E-state index in [0.29, 0.717) is 5.69 Å². The number of aromatic nitrogens is 2. The fourth-order valence-corrected chi connectivity index (χ4v) is 1.69. The van der Waals surface area contributed by atoms with Crippen molar-refractivity contribution in [3.05, 3.63) is 41.7 Å². The van der Waals surface area contributed by atoms with Gasteiger partial charge >= 0.3 is 0 Å².